The monoisotopic (exact) mass is 278 g/mol. The smallest absolute Gasteiger partial charge is 0.119 e. The van der Waals surface area contributed by atoms with Gasteiger partial charge in [-0.1, -0.05) is 19.1 Å². The zero-order valence-corrected chi connectivity index (χ0v) is 12.3. The van der Waals surface area contributed by atoms with Crippen molar-refractivity contribution in [2.45, 2.75) is 44.9 Å². The van der Waals surface area contributed by atoms with Gasteiger partial charge in [0, 0.05) is 19.1 Å². The minimum Gasteiger partial charge on any atom is -0.491 e. The highest BCUT2D eigenvalue weighted by Crippen LogP contribution is 2.27. The molecule has 2 rings (SSSR count). The van der Waals surface area contributed by atoms with E-state index < -0.39 is 6.10 Å². The Hall–Kier alpha value is -1.10. The average Bonchev–Trinajstić information content (AvgIpc) is 3.29. The fourth-order valence-corrected chi connectivity index (χ4v) is 2.43. The van der Waals surface area contributed by atoms with Crippen molar-refractivity contribution in [2.24, 2.45) is 5.73 Å². The quantitative estimate of drug-likeness (QED) is 0.722. The summed E-state index contributed by atoms with van der Waals surface area (Å²) in [6, 6.07) is 8.41. The van der Waals surface area contributed by atoms with Crippen LogP contribution in [0.15, 0.2) is 24.3 Å². The standard InChI is InChI=1S/C16H26N2O2/c1-2-8-18(14-6-7-14)11-15(19)12-20-16-5-3-4-13(9-16)10-17/h3-5,9,14-15,19H,2,6-8,10-12,17H2,1H3. The predicted molar refractivity (Wildman–Crippen MR) is 80.7 cm³/mol. The van der Waals surface area contributed by atoms with Crippen LogP contribution in [0.4, 0.5) is 0 Å². The number of nitrogens with two attached hydrogens (primary N) is 1. The van der Waals surface area contributed by atoms with Crippen LogP contribution in [-0.2, 0) is 6.54 Å². The lowest BCUT2D eigenvalue weighted by molar-refractivity contribution is 0.0653. The van der Waals surface area contributed by atoms with Gasteiger partial charge in [0.1, 0.15) is 18.5 Å². The van der Waals surface area contributed by atoms with Gasteiger partial charge in [-0.25, -0.2) is 0 Å². The Morgan fingerprint density at radius 3 is 2.90 bits per heavy atom. The summed E-state index contributed by atoms with van der Waals surface area (Å²) >= 11 is 0. The van der Waals surface area contributed by atoms with E-state index in [1.807, 2.05) is 24.3 Å². The Morgan fingerprint density at radius 2 is 2.25 bits per heavy atom. The first-order chi connectivity index (χ1) is 9.72. The van der Waals surface area contributed by atoms with E-state index in [1.54, 1.807) is 0 Å². The van der Waals surface area contributed by atoms with Crippen LogP contribution in [0.25, 0.3) is 0 Å². The first-order valence-corrected chi connectivity index (χ1v) is 7.56. The van der Waals surface area contributed by atoms with Crippen molar-refractivity contribution in [2.75, 3.05) is 19.7 Å². The van der Waals surface area contributed by atoms with E-state index in [2.05, 4.69) is 11.8 Å². The van der Waals surface area contributed by atoms with Gasteiger partial charge in [0.2, 0.25) is 0 Å². The molecular weight excluding hydrogens is 252 g/mol. The van der Waals surface area contributed by atoms with Gasteiger partial charge in [0.25, 0.3) is 0 Å². The van der Waals surface area contributed by atoms with Crippen LogP contribution in [0.1, 0.15) is 31.7 Å². The maximum absolute atomic E-state index is 10.1. The second-order valence-electron chi connectivity index (χ2n) is 5.54. The largest absolute Gasteiger partial charge is 0.491 e. The molecule has 112 valence electrons. The minimum atomic E-state index is -0.441. The zero-order valence-electron chi connectivity index (χ0n) is 12.3. The van der Waals surface area contributed by atoms with Crippen molar-refractivity contribution >= 4 is 0 Å². The summed E-state index contributed by atoms with van der Waals surface area (Å²) in [4.78, 5) is 2.38. The summed E-state index contributed by atoms with van der Waals surface area (Å²) in [5.74, 6) is 0.778. The van der Waals surface area contributed by atoms with E-state index in [0.29, 0.717) is 25.7 Å². The minimum absolute atomic E-state index is 0.334. The number of nitrogens with zero attached hydrogens (tertiary/aromatic N) is 1. The summed E-state index contributed by atoms with van der Waals surface area (Å²) in [7, 11) is 0. The van der Waals surface area contributed by atoms with Gasteiger partial charge in [-0.15, -0.1) is 0 Å². The first-order valence-electron chi connectivity index (χ1n) is 7.56. The molecule has 0 aromatic heterocycles. The maximum atomic E-state index is 10.1. The number of hydrogen-bond donors (Lipinski definition) is 2. The molecule has 0 heterocycles. The number of ether oxygens (including phenoxy) is 1. The Morgan fingerprint density at radius 1 is 1.45 bits per heavy atom. The molecule has 4 heteroatoms. The molecule has 3 N–H and O–H groups in total. The molecule has 20 heavy (non-hydrogen) atoms. The van der Waals surface area contributed by atoms with Crippen LogP contribution >= 0.6 is 0 Å². The number of aliphatic hydroxyl groups is 1. The molecule has 0 radical (unpaired) electrons. The number of benzene rings is 1. The molecule has 1 aromatic carbocycles. The van der Waals surface area contributed by atoms with Gasteiger partial charge in [0.15, 0.2) is 0 Å². The highest BCUT2D eigenvalue weighted by molar-refractivity contribution is 5.28. The molecule has 1 fully saturated rings. The van der Waals surface area contributed by atoms with E-state index in [0.717, 1.165) is 24.3 Å². The predicted octanol–water partition coefficient (Wildman–Crippen LogP) is 1.76. The normalized spacial score (nSPS) is 16.4. The van der Waals surface area contributed by atoms with Crippen LogP contribution in [0, 0.1) is 0 Å². The molecule has 1 saturated carbocycles. The lowest BCUT2D eigenvalue weighted by Crippen LogP contribution is -2.37. The van der Waals surface area contributed by atoms with Gasteiger partial charge in [-0.05, 0) is 43.5 Å². The fourth-order valence-electron chi connectivity index (χ4n) is 2.43. The van der Waals surface area contributed by atoms with Crippen molar-refractivity contribution in [1.29, 1.82) is 0 Å². The Balaban J connectivity index is 1.77. The molecule has 1 unspecified atom stereocenters. The van der Waals surface area contributed by atoms with Crippen LogP contribution in [-0.4, -0.2) is 41.8 Å². The summed E-state index contributed by atoms with van der Waals surface area (Å²) in [6.45, 7) is 4.78. The second kappa shape index (κ2) is 7.62. The number of rotatable bonds is 9. The number of hydrogen-bond acceptors (Lipinski definition) is 4. The van der Waals surface area contributed by atoms with E-state index in [9.17, 15) is 5.11 Å². The van der Waals surface area contributed by atoms with Crippen molar-refractivity contribution in [1.82, 2.24) is 4.90 Å². The summed E-state index contributed by atoms with van der Waals surface area (Å²) in [5.41, 5.74) is 6.65. The van der Waals surface area contributed by atoms with Crippen molar-refractivity contribution in [3.63, 3.8) is 0 Å². The van der Waals surface area contributed by atoms with E-state index >= 15 is 0 Å². The maximum Gasteiger partial charge on any atom is 0.119 e. The molecule has 0 bridgehead atoms. The van der Waals surface area contributed by atoms with Crippen molar-refractivity contribution in [3.8, 4) is 5.75 Å². The lowest BCUT2D eigenvalue weighted by Gasteiger charge is -2.24. The summed E-state index contributed by atoms with van der Waals surface area (Å²) < 4.78 is 5.66. The molecule has 4 nitrogen and oxygen atoms in total. The van der Waals surface area contributed by atoms with Gasteiger partial charge in [0.05, 0.1) is 0 Å². The highest BCUT2D eigenvalue weighted by Gasteiger charge is 2.29. The summed E-state index contributed by atoms with van der Waals surface area (Å²) in [6.07, 6.45) is 3.23. The topological polar surface area (TPSA) is 58.7 Å². The lowest BCUT2D eigenvalue weighted by atomic mass is 10.2. The molecule has 0 saturated heterocycles. The third-order valence-electron chi connectivity index (χ3n) is 3.60. The third-order valence-corrected chi connectivity index (χ3v) is 3.60. The van der Waals surface area contributed by atoms with E-state index in [1.165, 1.54) is 12.8 Å². The van der Waals surface area contributed by atoms with Gasteiger partial charge in [-0.3, -0.25) is 4.90 Å². The number of aliphatic hydroxyl groups excluding tert-OH is 1. The molecule has 0 aliphatic heterocycles. The van der Waals surface area contributed by atoms with Gasteiger partial charge < -0.3 is 15.6 Å². The Kier molecular flexibility index (Phi) is 5.83. The Bertz CT molecular complexity index is 407. The van der Waals surface area contributed by atoms with Gasteiger partial charge >= 0.3 is 0 Å². The van der Waals surface area contributed by atoms with E-state index in [4.69, 9.17) is 10.5 Å². The molecule has 1 aromatic rings. The van der Waals surface area contributed by atoms with Gasteiger partial charge in [-0.2, -0.15) is 0 Å². The Labute approximate surface area is 121 Å². The zero-order chi connectivity index (χ0) is 14.4. The highest BCUT2D eigenvalue weighted by atomic mass is 16.5. The molecule has 0 amide bonds. The third kappa shape index (κ3) is 4.78. The molecular formula is C16H26N2O2. The van der Waals surface area contributed by atoms with Crippen LogP contribution in [0.3, 0.4) is 0 Å². The molecule has 1 aliphatic rings. The van der Waals surface area contributed by atoms with Crippen molar-refractivity contribution in [3.05, 3.63) is 29.8 Å². The molecule has 1 atom stereocenters. The van der Waals surface area contributed by atoms with Crippen LogP contribution < -0.4 is 10.5 Å². The van der Waals surface area contributed by atoms with Crippen LogP contribution in [0.5, 0.6) is 5.75 Å². The van der Waals surface area contributed by atoms with Crippen molar-refractivity contribution < 1.29 is 9.84 Å². The average molecular weight is 278 g/mol. The first kappa shape index (κ1) is 15.3. The SMILES string of the molecule is CCCN(CC(O)COc1cccc(CN)c1)C1CC1. The summed E-state index contributed by atoms with van der Waals surface area (Å²) in [5, 5.41) is 10.1. The molecule has 0 spiro atoms. The van der Waals surface area contributed by atoms with E-state index in [-0.39, 0.29) is 0 Å². The molecule has 1 aliphatic carbocycles. The fraction of sp³-hybridized carbons (Fsp3) is 0.625. The second-order valence-corrected chi connectivity index (χ2v) is 5.54. The van der Waals surface area contributed by atoms with Crippen LogP contribution in [0.2, 0.25) is 0 Å².